The van der Waals surface area contributed by atoms with Crippen LogP contribution in [0.25, 0.3) is 0 Å². The fraction of sp³-hybridized carbons (Fsp3) is 0.600. The Kier molecular flexibility index (Phi) is 5.71. The molecule has 1 aromatic rings. The monoisotopic (exact) mass is 245 g/mol. The molecule has 0 saturated heterocycles. The van der Waals surface area contributed by atoms with E-state index in [2.05, 4.69) is 4.98 Å². The fourth-order valence-corrected chi connectivity index (χ4v) is 3.03. The summed E-state index contributed by atoms with van der Waals surface area (Å²) in [6.45, 7) is 1.99. The Labute approximate surface area is 97.9 Å². The molecule has 0 atom stereocenters. The van der Waals surface area contributed by atoms with Crippen LogP contribution < -0.4 is 0 Å². The Morgan fingerprint density at radius 1 is 1.53 bits per heavy atom. The van der Waals surface area contributed by atoms with Gasteiger partial charge in [0, 0.05) is 23.2 Å². The minimum absolute atomic E-state index is 0.293. The van der Waals surface area contributed by atoms with Gasteiger partial charge >= 0.3 is 5.97 Å². The van der Waals surface area contributed by atoms with Crippen molar-refractivity contribution >= 4 is 29.1 Å². The number of aryl methyl sites for hydroxylation is 1. The summed E-state index contributed by atoms with van der Waals surface area (Å²) in [5.74, 6) is 0.338. The van der Waals surface area contributed by atoms with Crippen molar-refractivity contribution in [2.75, 3.05) is 5.75 Å². The van der Waals surface area contributed by atoms with Crippen LogP contribution in [0.5, 0.6) is 0 Å². The van der Waals surface area contributed by atoms with Crippen LogP contribution in [0.3, 0.4) is 0 Å². The average Bonchev–Trinajstić information content (AvgIpc) is 2.57. The summed E-state index contributed by atoms with van der Waals surface area (Å²) in [5.41, 5.74) is 1.08. The number of carboxylic acids is 1. The second-order valence-electron chi connectivity index (χ2n) is 3.31. The smallest absolute Gasteiger partial charge is 0.303 e. The van der Waals surface area contributed by atoms with Crippen LogP contribution in [0.4, 0.5) is 0 Å². The van der Waals surface area contributed by atoms with Gasteiger partial charge in [0.25, 0.3) is 0 Å². The summed E-state index contributed by atoms with van der Waals surface area (Å²) in [4.78, 5) is 14.6. The normalized spacial score (nSPS) is 10.5. The van der Waals surface area contributed by atoms with Crippen LogP contribution >= 0.6 is 23.1 Å². The van der Waals surface area contributed by atoms with E-state index in [0.717, 1.165) is 35.0 Å². The van der Waals surface area contributed by atoms with Crippen molar-refractivity contribution in [3.05, 3.63) is 11.1 Å². The Morgan fingerprint density at radius 3 is 2.93 bits per heavy atom. The maximum atomic E-state index is 10.2. The lowest BCUT2D eigenvalue weighted by atomic mass is 10.2. The van der Waals surface area contributed by atoms with E-state index in [1.54, 1.807) is 23.1 Å². The molecule has 0 aromatic carbocycles. The third-order valence-electron chi connectivity index (χ3n) is 1.86. The summed E-state index contributed by atoms with van der Waals surface area (Å²) in [5, 5.41) is 10.5. The zero-order valence-electron chi connectivity index (χ0n) is 8.73. The topological polar surface area (TPSA) is 50.2 Å². The molecule has 0 unspecified atom stereocenters. The van der Waals surface area contributed by atoms with Crippen molar-refractivity contribution in [2.24, 2.45) is 0 Å². The quantitative estimate of drug-likeness (QED) is 0.592. The lowest BCUT2D eigenvalue weighted by molar-refractivity contribution is -0.137. The number of carboxylic acid groups (broad SMARTS) is 1. The lowest BCUT2D eigenvalue weighted by Gasteiger charge is -1.97. The molecular formula is C10H15NO2S2. The molecule has 0 spiro atoms. The molecule has 5 heteroatoms. The lowest BCUT2D eigenvalue weighted by Crippen LogP contribution is -1.93. The van der Waals surface area contributed by atoms with Gasteiger partial charge in [-0.15, -0.1) is 11.3 Å². The molecular weight excluding hydrogens is 230 g/mol. The number of unbranched alkanes of at least 4 members (excludes halogenated alkanes) is 2. The minimum atomic E-state index is -0.696. The number of nitrogens with zero attached hydrogens (tertiary/aromatic N) is 1. The number of thioether (sulfide) groups is 1. The van der Waals surface area contributed by atoms with Gasteiger partial charge in [-0.05, 0) is 19.8 Å². The van der Waals surface area contributed by atoms with Gasteiger partial charge in [0.2, 0.25) is 0 Å². The standard InChI is InChI=1S/C10H15NO2S2/c1-8-7-15-10(11-8)14-6-4-2-3-5-9(12)13/h7H,2-6H2,1H3,(H,12,13). The van der Waals surface area contributed by atoms with Gasteiger partial charge in [-0.3, -0.25) is 4.79 Å². The number of aliphatic carboxylic acids is 1. The SMILES string of the molecule is Cc1csc(SCCCCCC(=O)O)n1. The number of hydrogen-bond donors (Lipinski definition) is 1. The van der Waals surface area contributed by atoms with E-state index in [0.29, 0.717) is 6.42 Å². The van der Waals surface area contributed by atoms with Crippen LogP contribution in [0.15, 0.2) is 9.72 Å². The van der Waals surface area contributed by atoms with Crippen molar-refractivity contribution in [3.63, 3.8) is 0 Å². The molecule has 0 aliphatic rings. The van der Waals surface area contributed by atoms with Crippen molar-refractivity contribution in [1.82, 2.24) is 4.98 Å². The summed E-state index contributed by atoms with van der Waals surface area (Å²) >= 11 is 3.44. The molecule has 84 valence electrons. The second-order valence-corrected chi connectivity index (χ2v) is 5.51. The minimum Gasteiger partial charge on any atom is -0.481 e. The van der Waals surface area contributed by atoms with Crippen molar-refractivity contribution in [1.29, 1.82) is 0 Å². The van der Waals surface area contributed by atoms with E-state index in [1.165, 1.54) is 0 Å². The van der Waals surface area contributed by atoms with Crippen LogP contribution in [0.1, 0.15) is 31.4 Å². The molecule has 0 radical (unpaired) electrons. The fourth-order valence-electron chi connectivity index (χ4n) is 1.11. The van der Waals surface area contributed by atoms with Gasteiger partial charge in [0.1, 0.15) is 4.34 Å². The molecule has 1 rings (SSSR count). The number of thiazole rings is 1. The molecule has 0 fully saturated rings. The Hall–Kier alpha value is -0.550. The van der Waals surface area contributed by atoms with Gasteiger partial charge in [0.05, 0.1) is 0 Å². The maximum absolute atomic E-state index is 10.2. The predicted molar refractivity (Wildman–Crippen MR) is 63.7 cm³/mol. The first-order valence-electron chi connectivity index (χ1n) is 4.95. The van der Waals surface area contributed by atoms with Gasteiger partial charge < -0.3 is 5.11 Å². The molecule has 15 heavy (non-hydrogen) atoms. The van der Waals surface area contributed by atoms with Gasteiger partial charge in [-0.1, -0.05) is 18.2 Å². The zero-order valence-corrected chi connectivity index (χ0v) is 10.4. The molecule has 0 saturated carbocycles. The van der Waals surface area contributed by atoms with Crippen LogP contribution in [0.2, 0.25) is 0 Å². The van der Waals surface area contributed by atoms with E-state index >= 15 is 0 Å². The van der Waals surface area contributed by atoms with Gasteiger partial charge in [0.15, 0.2) is 0 Å². The first-order chi connectivity index (χ1) is 7.18. The van der Waals surface area contributed by atoms with Crippen molar-refractivity contribution < 1.29 is 9.90 Å². The summed E-state index contributed by atoms with van der Waals surface area (Å²) in [7, 11) is 0. The summed E-state index contributed by atoms with van der Waals surface area (Å²) < 4.78 is 1.12. The van der Waals surface area contributed by atoms with E-state index in [4.69, 9.17) is 5.11 Å². The highest BCUT2D eigenvalue weighted by Gasteiger charge is 2.00. The highest BCUT2D eigenvalue weighted by Crippen LogP contribution is 2.23. The number of hydrogen-bond acceptors (Lipinski definition) is 4. The molecule has 1 aromatic heterocycles. The van der Waals surface area contributed by atoms with E-state index in [-0.39, 0.29) is 0 Å². The average molecular weight is 245 g/mol. The largest absolute Gasteiger partial charge is 0.481 e. The molecule has 0 bridgehead atoms. The first-order valence-corrected chi connectivity index (χ1v) is 6.82. The third-order valence-corrected chi connectivity index (χ3v) is 4.08. The number of carbonyl (C=O) groups is 1. The maximum Gasteiger partial charge on any atom is 0.303 e. The molecule has 1 heterocycles. The Balaban J connectivity index is 2.00. The van der Waals surface area contributed by atoms with Crippen molar-refractivity contribution in [3.8, 4) is 0 Å². The van der Waals surface area contributed by atoms with Crippen LogP contribution in [0, 0.1) is 6.92 Å². The number of aromatic nitrogens is 1. The van der Waals surface area contributed by atoms with Crippen LogP contribution in [-0.2, 0) is 4.79 Å². The first kappa shape index (κ1) is 12.5. The third kappa shape index (κ3) is 5.79. The summed E-state index contributed by atoms with van der Waals surface area (Å²) in [6.07, 6.45) is 3.13. The Morgan fingerprint density at radius 2 is 2.33 bits per heavy atom. The van der Waals surface area contributed by atoms with E-state index < -0.39 is 5.97 Å². The molecule has 0 aliphatic carbocycles. The Bertz CT molecular complexity index is 312. The predicted octanol–water partition coefficient (Wildman–Crippen LogP) is 3.19. The molecule has 0 amide bonds. The summed E-state index contributed by atoms with van der Waals surface area (Å²) in [6, 6.07) is 0. The number of rotatable bonds is 7. The van der Waals surface area contributed by atoms with Crippen molar-refractivity contribution in [2.45, 2.75) is 36.9 Å². The molecule has 1 N–H and O–H groups in total. The zero-order chi connectivity index (χ0) is 11.1. The second kappa shape index (κ2) is 6.85. The molecule has 0 aliphatic heterocycles. The van der Waals surface area contributed by atoms with Crippen LogP contribution in [-0.4, -0.2) is 21.8 Å². The van der Waals surface area contributed by atoms with Gasteiger partial charge in [-0.25, -0.2) is 4.98 Å². The van der Waals surface area contributed by atoms with Gasteiger partial charge in [-0.2, -0.15) is 0 Å². The van der Waals surface area contributed by atoms with E-state index in [9.17, 15) is 4.79 Å². The molecule has 3 nitrogen and oxygen atoms in total. The highest BCUT2D eigenvalue weighted by atomic mass is 32.2. The highest BCUT2D eigenvalue weighted by molar-refractivity contribution is 8.00. The van der Waals surface area contributed by atoms with E-state index in [1.807, 2.05) is 12.3 Å².